The summed E-state index contributed by atoms with van der Waals surface area (Å²) in [6.07, 6.45) is 1.61. The molecule has 2 heterocycles. The van der Waals surface area contributed by atoms with Crippen LogP contribution in [0.1, 0.15) is 6.92 Å². The number of allylic oxidation sites excluding steroid dienone is 1. The van der Waals surface area contributed by atoms with Crippen LogP contribution < -0.4 is 10.9 Å². The van der Waals surface area contributed by atoms with Crippen LogP contribution in [0, 0.1) is 0 Å². The van der Waals surface area contributed by atoms with E-state index in [-0.39, 0.29) is 17.5 Å². The van der Waals surface area contributed by atoms with Crippen molar-refractivity contribution < 1.29 is 9.59 Å². The Hall–Kier alpha value is -2.61. The first-order valence-electron chi connectivity index (χ1n) is 7.89. The Kier molecular flexibility index (Phi) is 4.89. The molecule has 1 unspecified atom stereocenters. The van der Waals surface area contributed by atoms with Gasteiger partial charge in [-0.2, -0.15) is 0 Å². The zero-order valence-corrected chi connectivity index (χ0v) is 14.6. The van der Waals surface area contributed by atoms with Gasteiger partial charge in [-0.1, -0.05) is 30.0 Å². The van der Waals surface area contributed by atoms with Gasteiger partial charge in [0.25, 0.3) is 5.56 Å². The number of hydrogen-bond acceptors (Lipinski definition) is 5. The van der Waals surface area contributed by atoms with Gasteiger partial charge in [-0.05, 0) is 19.1 Å². The number of carbonyl (C=O) groups is 2. The molecule has 3 amide bonds. The molecule has 8 heteroatoms. The quantitative estimate of drug-likeness (QED) is 0.499. The smallest absolute Gasteiger partial charge is 0.324 e. The molecule has 0 saturated carbocycles. The predicted octanol–water partition coefficient (Wildman–Crippen LogP) is 1.61. The molecule has 3 rings (SSSR count). The number of para-hydroxylation sites is 1. The molecule has 7 nitrogen and oxygen atoms in total. The zero-order valence-electron chi connectivity index (χ0n) is 13.8. The van der Waals surface area contributed by atoms with Crippen LogP contribution in [0.15, 0.2) is 46.9 Å². The lowest BCUT2D eigenvalue weighted by Crippen LogP contribution is -2.39. The normalized spacial score (nSPS) is 15.2. The summed E-state index contributed by atoms with van der Waals surface area (Å²) in [6, 6.07) is 6.70. The molecule has 0 spiro atoms. The van der Waals surface area contributed by atoms with Crippen molar-refractivity contribution in [2.45, 2.75) is 23.9 Å². The zero-order chi connectivity index (χ0) is 18.0. The van der Waals surface area contributed by atoms with Crippen LogP contribution >= 0.6 is 11.8 Å². The number of thioether (sulfide) groups is 1. The van der Waals surface area contributed by atoms with Gasteiger partial charge in [-0.3, -0.25) is 19.1 Å². The minimum Gasteiger partial charge on any atom is -0.336 e. The van der Waals surface area contributed by atoms with E-state index in [1.54, 1.807) is 31.2 Å². The molecule has 1 aromatic heterocycles. The number of benzene rings is 1. The number of rotatable bonds is 5. The van der Waals surface area contributed by atoms with Gasteiger partial charge >= 0.3 is 6.03 Å². The van der Waals surface area contributed by atoms with Crippen molar-refractivity contribution in [2.24, 2.45) is 0 Å². The maximum absolute atomic E-state index is 12.7. The van der Waals surface area contributed by atoms with E-state index < -0.39 is 5.25 Å². The second-order valence-corrected chi connectivity index (χ2v) is 6.91. The second-order valence-electron chi connectivity index (χ2n) is 5.60. The summed E-state index contributed by atoms with van der Waals surface area (Å²) in [4.78, 5) is 42.6. The first-order chi connectivity index (χ1) is 12.0. The second kappa shape index (κ2) is 7.10. The lowest BCUT2D eigenvalue weighted by Gasteiger charge is -2.18. The summed E-state index contributed by atoms with van der Waals surface area (Å²) in [6.45, 7) is 6.49. The molecule has 1 fully saturated rings. The summed E-state index contributed by atoms with van der Waals surface area (Å²) in [5.41, 5.74) is 0.403. The summed E-state index contributed by atoms with van der Waals surface area (Å²) in [7, 11) is 0. The fourth-order valence-electron chi connectivity index (χ4n) is 2.64. The molecule has 0 bridgehead atoms. The van der Waals surface area contributed by atoms with Crippen LogP contribution in [0.4, 0.5) is 4.79 Å². The van der Waals surface area contributed by atoms with E-state index in [0.717, 1.165) is 0 Å². The highest BCUT2D eigenvalue weighted by Crippen LogP contribution is 2.24. The average Bonchev–Trinajstić information content (AvgIpc) is 3.03. The van der Waals surface area contributed by atoms with E-state index in [1.807, 2.05) is 6.07 Å². The molecule has 1 aliphatic rings. The van der Waals surface area contributed by atoms with Crippen molar-refractivity contribution in [3.05, 3.63) is 47.3 Å². The topological polar surface area (TPSA) is 84.3 Å². The summed E-state index contributed by atoms with van der Waals surface area (Å²) >= 11 is 1.17. The van der Waals surface area contributed by atoms with Gasteiger partial charge in [-0.15, -0.1) is 6.58 Å². The highest BCUT2D eigenvalue weighted by molar-refractivity contribution is 8.00. The van der Waals surface area contributed by atoms with Crippen LogP contribution in [-0.4, -0.2) is 44.7 Å². The van der Waals surface area contributed by atoms with Gasteiger partial charge in [-0.25, -0.2) is 9.78 Å². The van der Waals surface area contributed by atoms with Gasteiger partial charge in [0.1, 0.15) is 0 Å². The Morgan fingerprint density at radius 3 is 2.88 bits per heavy atom. The van der Waals surface area contributed by atoms with Crippen molar-refractivity contribution in [3.8, 4) is 0 Å². The maximum Gasteiger partial charge on any atom is 0.324 e. The van der Waals surface area contributed by atoms with Crippen molar-refractivity contribution in [1.82, 2.24) is 19.8 Å². The number of aromatic nitrogens is 2. The minimum atomic E-state index is -0.548. The van der Waals surface area contributed by atoms with E-state index in [4.69, 9.17) is 0 Å². The number of fused-ring (bicyclic) bond motifs is 1. The van der Waals surface area contributed by atoms with Gasteiger partial charge in [0.15, 0.2) is 5.16 Å². The molecular weight excluding hydrogens is 340 g/mol. The van der Waals surface area contributed by atoms with Gasteiger partial charge in [0.2, 0.25) is 5.91 Å². The first kappa shape index (κ1) is 17.2. The van der Waals surface area contributed by atoms with Crippen LogP contribution in [0.2, 0.25) is 0 Å². The molecular formula is C17H18N4O3S. The van der Waals surface area contributed by atoms with E-state index in [2.05, 4.69) is 16.9 Å². The lowest BCUT2D eigenvalue weighted by molar-refractivity contribution is -0.126. The molecule has 1 aromatic carbocycles. The molecule has 25 heavy (non-hydrogen) atoms. The number of amides is 3. The van der Waals surface area contributed by atoms with Crippen LogP contribution in [0.25, 0.3) is 10.9 Å². The molecule has 1 aliphatic heterocycles. The maximum atomic E-state index is 12.7. The SMILES string of the molecule is C=CCn1c(SC(C)C(=O)N2CCNC2=O)nc2ccccc2c1=O. The first-order valence-corrected chi connectivity index (χ1v) is 8.77. The average molecular weight is 358 g/mol. The fourth-order valence-corrected chi connectivity index (χ4v) is 3.62. The molecule has 2 aromatic rings. The molecule has 1 N–H and O–H groups in total. The van der Waals surface area contributed by atoms with Gasteiger partial charge < -0.3 is 5.32 Å². The summed E-state index contributed by atoms with van der Waals surface area (Å²) in [5, 5.41) is 3.01. The Morgan fingerprint density at radius 2 is 2.20 bits per heavy atom. The number of nitrogens with zero attached hydrogens (tertiary/aromatic N) is 3. The third-order valence-electron chi connectivity index (χ3n) is 3.89. The van der Waals surface area contributed by atoms with Crippen LogP contribution in [0.5, 0.6) is 0 Å². The number of imide groups is 1. The fraction of sp³-hybridized carbons (Fsp3) is 0.294. The highest BCUT2D eigenvalue weighted by atomic mass is 32.2. The largest absolute Gasteiger partial charge is 0.336 e. The highest BCUT2D eigenvalue weighted by Gasteiger charge is 2.31. The van der Waals surface area contributed by atoms with Gasteiger partial charge in [0, 0.05) is 19.6 Å². The predicted molar refractivity (Wildman–Crippen MR) is 96.6 cm³/mol. The molecule has 130 valence electrons. The van der Waals surface area contributed by atoms with Crippen molar-refractivity contribution >= 4 is 34.6 Å². The Bertz CT molecular complexity index is 908. The lowest BCUT2D eigenvalue weighted by atomic mass is 10.2. The van der Waals surface area contributed by atoms with Crippen LogP contribution in [0.3, 0.4) is 0 Å². The van der Waals surface area contributed by atoms with Gasteiger partial charge in [0.05, 0.1) is 16.2 Å². The number of urea groups is 1. The third-order valence-corrected chi connectivity index (χ3v) is 4.97. The number of hydrogen-bond donors (Lipinski definition) is 1. The van der Waals surface area contributed by atoms with E-state index in [1.165, 1.54) is 21.2 Å². The molecule has 1 atom stereocenters. The Labute approximate surface area is 148 Å². The minimum absolute atomic E-state index is 0.174. The standard InChI is InChI=1S/C17H18N4O3S/c1-3-9-21-15(23)12-6-4-5-7-13(12)19-17(21)25-11(2)14(22)20-10-8-18-16(20)24/h3-7,11H,1,8-10H2,2H3,(H,18,24). The summed E-state index contributed by atoms with van der Waals surface area (Å²) < 4.78 is 1.49. The Morgan fingerprint density at radius 1 is 1.44 bits per heavy atom. The molecule has 0 radical (unpaired) electrons. The van der Waals surface area contributed by atoms with Crippen molar-refractivity contribution in [1.29, 1.82) is 0 Å². The van der Waals surface area contributed by atoms with E-state index >= 15 is 0 Å². The number of nitrogens with one attached hydrogen (secondary N) is 1. The van der Waals surface area contributed by atoms with E-state index in [9.17, 15) is 14.4 Å². The third kappa shape index (κ3) is 3.30. The molecule has 1 saturated heterocycles. The Balaban J connectivity index is 1.95. The van der Waals surface area contributed by atoms with E-state index in [0.29, 0.717) is 35.7 Å². The monoisotopic (exact) mass is 358 g/mol. The number of carbonyl (C=O) groups excluding carboxylic acids is 2. The van der Waals surface area contributed by atoms with Crippen molar-refractivity contribution in [2.75, 3.05) is 13.1 Å². The van der Waals surface area contributed by atoms with Crippen LogP contribution in [-0.2, 0) is 11.3 Å². The molecule has 0 aliphatic carbocycles. The van der Waals surface area contributed by atoms with Crippen molar-refractivity contribution in [3.63, 3.8) is 0 Å². The summed E-state index contributed by atoms with van der Waals surface area (Å²) in [5.74, 6) is -0.299.